The van der Waals surface area contributed by atoms with Crippen LogP contribution in [0.1, 0.15) is 17.3 Å². The average molecular weight is 243 g/mol. The third kappa shape index (κ3) is 2.85. The summed E-state index contributed by atoms with van der Waals surface area (Å²) < 4.78 is 1.43. The molecular formula is C11H15ClN2O2. The molecule has 0 fully saturated rings. The molecule has 88 valence electrons. The second-order valence-electron chi connectivity index (χ2n) is 3.44. The predicted octanol–water partition coefficient (Wildman–Crippen LogP) is 1.09. The van der Waals surface area contributed by atoms with E-state index in [0.717, 1.165) is 0 Å². The Morgan fingerprint density at radius 1 is 1.56 bits per heavy atom. The summed E-state index contributed by atoms with van der Waals surface area (Å²) >= 11 is 5.60. The summed E-state index contributed by atoms with van der Waals surface area (Å²) in [5.74, 6) is 0.241. The summed E-state index contributed by atoms with van der Waals surface area (Å²) in [4.78, 5) is 24.9. The molecule has 0 atom stereocenters. The van der Waals surface area contributed by atoms with Gasteiger partial charge in [0, 0.05) is 43.8 Å². The van der Waals surface area contributed by atoms with Gasteiger partial charge >= 0.3 is 0 Å². The van der Waals surface area contributed by atoms with Crippen molar-refractivity contribution >= 4 is 17.5 Å². The van der Waals surface area contributed by atoms with Crippen LogP contribution >= 0.6 is 11.6 Å². The zero-order valence-corrected chi connectivity index (χ0v) is 10.2. The summed E-state index contributed by atoms with van der Waals surface area (Å²) in [5.41, 5.74) is 0.225. The molecule has 0 spiro atoms. The molecule has 4 nitrogen and oxygen atoms in total. The molecule has 0 saturated carbocycles. The summed E-state index contributed by atoms with van der Waals surface area (Å²) in [7, 11) is 1.65. The highest BCUT2D eigenvalue weighted by Gasteiger charge is 2.13. The Morgan fingerprint density at radius 2 is 2.25 bits per heavy atom. The second-order valence-corrected chi connectivity index (χ2v) is 3.82. The normalized spacial score (nSPS) is 10.2. The SMILES string of the molecule is CCN(CCCl)C(=O)c1ccn(C)c(=O)c1. The largest absolute Gasteiger partial charge is 0.338 e. The first kappa shape index (κ1) is 12.8. The molecule has 0 aliphatic carbocycles. The van der Waals surface area contributed by atoms with Gasteiger partial charge < -0.3 is 9.47 Å². The molecule has 1 heterocycles. The Hall–Kier alpha value is -1.29. The molecule has 0 unspecified atom stereocenters. The predicted molar refractivity (Wildman–Crippen MR) is 64.0 cm³/mol. The van der Waals surface area contributed by atoms with Crippen molar-refractivity contribution in [3.8, 4) is 0 Å². The first-order valence-corrected chi connectivity index (χ1v) is 5.65. The van der Waals surface area contributed by atoms with Gasteiger partial charge in [-0.25, -0.2) is 0 Å². The van der Waals surface area contributed by atoms with E-state index in [2.05, 4.69) is 0 Å². The molecule has 0 aromatic carbocycles. The van der Waals surface area contributed by atoms with Gasteiger partial charge in [-0.2, -0.15) is 0 Å². The molecule has 0 bridgehead atoms. The molecule has 5 heteroatoms. The molecule has 0 N–H and O–H groups in total. The number of hydrogen-bond acceptors (Lipinski definition) is 2. The Labute approximate surface area is 99.4 Å². The Bertz CT molecular complexity index is 428. The van der Waals surface area contributed by atoms with Crippen LogP contribution in [0.15, 0.2) is 23.1 Å². The number of carbonyl (C=O) groups is 1. The van der Waals surface area contributed by atoms with Crippen molar-refractivity contribution in [1.29, 1.82) is 0 Å². The lowest BCUT2D eigenvalue weighted by molar-refractivity contribution is 0.0773. The fourth-order valence-corrected chi connectivity index (χ4v) is 1.57. The number of halogens is 1. The molecule has 0 saturated heterocycles. The van der Waals surface area contributed by atoms with Gasteiger partial charge in [0.1, 0.15) is 0 Å². The highest BCUT2D eigenvalue weighted by molar-refractivity contribution is 6.18. The van der Waals surface area contributed by atoms with Crippen LogP contribution in [-0.4, -0.2) is 34.3 Å². The summed E-state index contributed by atoms with van der Waals surface area (Å²) in [5, 5.41) is 0. The molecule has 0 radical (unpaired) electrons. The van der Waals surface area contributed by atoms with E-state index in [4.69, 9.17) is 11.6 Å². The fraction of sp³-hybridized carbons (Fsp3) is 0.455. The smallest absolute Gasteiger partial charge is 0.254 e. The van der Waals surface area contributed by atoms with Crippen LogP contribution in [0.25, 0.3) is 0 Å². The van der Waals surface area contributed by atoms with E-state index < -0.39 is 0 Å². The summed E-state index contributed by atoms with van der Waals surface area (Å²) in [6.45, 7) is 2.96. The van der Waals surface area contributed by atoms with E-state index in [-0.39, 0.29) is 11.5 Å². The monoisotopic (exact) mass is 242 g/mol. The molecule has 0 aliphatic rings. The lowest BCUT2D eigenvalue weighted by atomic mass is 10.2. The third-order valence-corrected chi connectivity index (χ3v) is 2.54. The van der Waals surface area contributed by atoms with Gasteiger partial charge in [-0.3, -0.25) is 9.59 Å². The maximum Gasteiger partial charge on any atom is 0.254 e. The van der Waals surface area contributed by atoms with Crippen LogP contribution in [0, 0.1) is 0 Å². The van der Waals surface area contributed by atoms with Crippen molar-refractivity contribution in [1.82, 2.24) is 9.47 Å². The lowest BCUT2D eigenvalue weighted by Gasteiger charge is -2.19. The van der Waals surface area contributed by atoms with Crippen LogP contribution in [0.4, 0.5) is 0 Å². The maximum atomic E-state index is 11.9. The van der Waals surface area contributed by atoms with E-state index in [1.54, 1.807) is 24.2 Å². The third-order valence-electron chi connectivity index (χ3n) is 2.37. The van der Waals surface area contributed by atoms with Crippen molar-refractivity contribution in [3.05, 3.63) is 34.2 Å². The van der Waals surface area contributed by atoms with Gasteiger partial charge in [-0.05, 0) is 13.0 Å². The van der Waals surface area contributed by atoms with Crippen LogP contribution in [-0.2, 0) is 7.05 Å². The molecular weight excluding hydrogens is 228 g/mol. The Kier molecular flexibility index (Phi) is 4.55. The zero-order valence-electron chi connectivity index (χ0n) is 9.44. The highest BCUT2D eigenvalue weighted by atomic mass is 35.5. The average Bonchev–Trinajstić information content (AvgIpc) is 2.28. The van der Waals surface area contributed by atoms with E-state index in [1.807, 2.05) is 6.92 Å². The quantitative estimate of drug-likeness (QED) is 0.742. The van der Waals surface area contributed by atoms with Crippen LogP contribution in [0.2, 0.25) is 0 Å². The van der Waals surface area contributed by atoms with Crippen LogP contribution < -0.4 is 5.56 Å². The van der Waals surface area contributed by atoms with Gasteiger partial charge in [-0.1, -0.05) is 0 Å². The minimum absolute atomic E-state index is 0.152. The molecule has 0 aliphatic heterocycles. The maximum absolute atomic E-state index is 11.9. The number of aromatic nitrogens is 1. The van der Waals surface area contributed by atoms with Gasteiger partial charge in [0.25, 0.3) is 11.5 Å². The molecule has 1 rings (SSSR count). The molecule has 1 amide bonds. The van der Waals surface area contributed by atoms with Crippen LogP contribution in [0.3, 0.4) is 0 Å². The second kappa shape index (κ2) is 5.70. The first-order valence-electron chi connectivity index (χ1n) is 5.12. The Morgan fingerprint density at radius 3 is 2.75 bits per heavy atom. The van der Waals surface area contributed by atoms with Crippen molar-refractivity contribution in [3.63, 3.8) is 0 Å². The number of alkyl halides is 1. The van der Waals surface area contributed by atoms with Gasteiger partial charge in [0.15, 0.2) is 0 Å². The number of aryl methyl sites for hydroxylation is 1. The van der Waals surface area contributed by atoms with Crippen molar-refractivity contribution in [2.24, 2.45) is 7.05 Å². The minimum atomic E-state index is -0.187. The number of amides is 1. The van der Waals surface area contributed by atoms with E-state index in [9.17, 15) is 9.59 Å². The van der Waals surface area contributed by atoms with E-state index >= 15 is 0 Å². The van der Waals surface area contributed by atoms with Crippen LogP contribution in [0.5, 0.6) is 0 Å². The van der Waals surface area contributed by atoms with Crippen molar-refractivity contribution in [2.45, 2.75) is 6.92 Å². The van der Waals surface area contributed by atoms with Gasteiger partial charge in [0.2, 0.25) is 0 Å². The zero-order chi connectivity index (χ0) is 12.1. The molecule has 1 aromatic rings. The van der Waals surface area contributed by atoms with Gasteiger partial charge in [0.05, 0.1) is 0 Å². The summed E-state index contributed by atoms with van der Waals surface area (Å²) in [6.07, 6.45) is 1.59. The van der Waals surface area contributed by atoms with E-state index in [0.29, 0.717) is 24.5 Å². The fourth-order valence-electron chi connectivity index (χ4n) is 1.37. The first-order chi connectivity index (χ1) is 7.60. The highest BCUT2D eigenvalue weighted by Crippen LogP contribution is 2.02. The van der Waals surface area contributed by atoms with Gasteiger partial charge in [-0.15, -0.1) is 11.6 Å². The minimum Gasteiger partial charge on any atom is -0.338 e. The standard InChI is InChI=1S/C11H15ClN2O2/c1-3-14(7-5-12)11(16)9-4-6-13(2)10(15)8-9/h4,6,8H,3,5,7H2,1-2H3. The number of rotatable bonds is 4. The number of pyridine rings is 1. The molecule has 1 aromatic heterocycles. The number of carbonyl (C=O) groups excluding carboxylic acids is 1. The Balaban J connectivity index is 2.95. The number of hydrogen-bond donors (Lipinski definition) is 0. The van der Waals surface area contributed by atoms with Crippen molar-refractivity contribution < 1.29 is 4.79 Å². The lowest BCUT2D eigenvalue weighted by Crippen LogP contribution is -2.33. The van der Waals surface area contributed by atoms with E-state index in [1.165, 1.54) is 10.6 Å². The summed E-state index contributed by atoms with van der Waals surface area (Å²) in [6, 6.07) is 2.99. The number of nitrogens with zero attached hydrogens (tertiary/aromatic N) is 2. The topological polar surface area (TPSA) is 42.3 Å². The molecule has 16 heavy (non-hydrogen) atoms. The van der Waals surface area contributed by atoms with Crippen molar-refractivity contribution in [2.75, 3.05) is 19.0 Å².